The number of carboxylic acids is 1. The van der Waals surface area contributed by atoms with Crippen LogP contribution in [0, 0.1) is 0 Å². The van der Waals surface area contributed by atoms with Gasteiger partial charge in [0, 0.05) is 30.6 Å². The highest BCUT2D eigenvalue weighted by Crippen LogP contribution is 2.33. The third-order valence-corrected chi connectivity index (χ3v) is 5.76. The second-order valence-electron chi connectivity index (χ2n) is 7.66. The molecule has 2 rings (SSSR count). The highest BCUT2D eigenvalue weighted by molar-refractivity contribution is 7.11. The van der Waals surface area contributed by atoms with Crippen molar-refractivity contribution in [1.29, 1.82) is 0 Å². The number of esters is 1. The lowest BCUT2D eigenvalue weighted by Crippen LogP contribution is -2.36. The van der Waals surface area contributed by atoms with E-state index in [1.54, 1.807) is 20.0 Å². The normalized spacial score (nSPS) is 19.7. The first-order chi connectivity index (χ1) is 15.1. The van der Waals surface area contributed by atoms with Crippen LogP contribution in [0.25, 0.3) is 0 Å². The lowest BCUT2D eigenvalue weighted by molar-refractivity contribution is -0.143. The number of aliphatic imine (C=N–C) groups is 1. The van der Waals surface area contributed by atoms with Gasteiger partial charge in [-0.25, -0.2) is 23.4 Å². The van der Waals surface area contributed by atoms with Gasteiger partial charge < -0.3 is 14.6 Å². The minimum absolute atomic E-state index is 0.0458. The molecule has 8 nitrogen and oxygen atoms in total. The number of nitrogens with zero attached hydrogens (tertiary/aromatic N) is 3. The number of aliphatic carboxylic acids is 1. The third kappa shape index (κ3) is 8.03. The first-order valence-corrected chi connectivity index (χ1v) is 11.2. The molecule has 2 heterocycles. The van der Waals surface area contributed by atoms with Gasteiger partial charge in [-0.15, -0.1) is 11.3 Å². The number of carbonyl (C=O) groups excluding carboxylic acids is 1. The highest BCUT2D eigenvalue weighted by atomic mass is 32.1. The van der Waals surface area contributed by atoms with E-state index in [4.69, 9.17) is 14.6 Å². The number of alkyl halides is 2. The molecule has 1 fully saturated rings. The molecule has 1 atom stereocenters. The van der Waals surface area contributed by atoms with Crippen LogP contribution in [0.2, 0.25) is 0 Å². The Kier molecular flexibility index (Phi) is 9.85. The van der Waals surface area contributed by atoms with E-state index in [2.05, 4.69) is 9.98 Å². The van der Waals surface area contributed by atoms with Crippen LogP contribution in [0.4, 0.5) is 8.78 Å². The molecule has 1 N–H and O–H groups in total. The van der Waals surface area contributed by atoms with Crippen molar-refractivity contribution in [1.82, 2.24) is 9.88 Å². The summed E-state index contributed by atoms with van der Waals surface area (Å²) in [6, 6.07) is -0.659. The minimum atomic E-state index is -2.92. The SMILES string of the molecule is CCCOC(=O)/C(CN=C(C)c1nccs1)=C(/C)CN1CC(F)(F)CC1COCC(=O)O. The van der Waals surface area contributed by atoms with Crippen LogP contribution in [0.15, 0.2) is 27.7 Å². The van der Waals surface area contributed by atoms with E-state index >= 15 is 0 Å². The Bertz CT molecular complexity index is 842. The number of halogens is 2. The standard InChI is InChI=1S/C21H29F2N3O5S/c1-4-6-31-20(29)17(9-25-15(3)19-24-5-7-32-19)14(2)10-26-13-21(22,23)8-16(26)11-30-12-18(27)28/h5,7,16H,4,6,8-13H2,1-3H3,(H,27,28)/b17-14-,25-15?. The molecule has 1 unspecified atom stereocenters. The Morgan fingerprint density at radius 2 is 2.16 bits per heavy atom. The number of carboxylic acid groups (broad SMARTS) is 1. The fourth-order valence-corrected chi connectivity index (χ4v) is 3.93. The van der Waals surface area contributed by atoms with Gasteiger partial charge >= 0.3 is 11.9 Å². The number of thiazole rings is 1. The topological polar surface area (TPSA) is 101 Å². The van der Waals surface area contributed by atoms with E-state index in [1.807, 2.05) is 12.3 Å². The van der Waals surface area contributed by atoms with Crippen molar-refractivity contribution >= 4 is 29.0 Å². The molecule has 0 aliphatic carbocycles. The van der Waals surface area contributed by atoms with Gasteiger partial charge in [0.2, 0.25) is 0 Å². The molecule has 1 aromatic rings. The summed E-state index contributed by atoms with van der Waals surface area (Å²) in [5.74, 6) is -4.60. The molecule has 1 aliphatic rings. The van der Waals surface area contributed by atoms with Gasteiger partial charge in [0.1, 0.15) is 11.6 Å². The van der Waals surface area contributed by atoms with Crippen molar-refractivity contribution in [2.45, 2.75) is 45.6 Å². The second kappa shape index (κ2) is 12.1. The number of rotatable bonds is 12. The first-order valence-electron chi connectivity index (χ1n) is 10.3. The molecular weight excluding hydrogens is 444 g/mol. The molecule has 1 aromatic heterocycles. The van der Waals surface area contributed by atoms with E-state index in [0.29, 0.717) is 23.3 Å². The average molecular weight is 474 g/mol. The predicted molar refractivity (Wildman–Crippen MR) is 117 cm³/mol. The van der Waals surface area contributed by atoms with Crippen LogP contribution in [0.3, 0.4) is 0 Å². The number of likely N-dealkylation sites (tertiary alicyclic amines) is 1. The summed E-state index contributed by atoms with van der Waals surface area (Å²) in [7, 11) is 0. The maximum Gasteiger partial charge on any atom is 0.335 e. The highest BCUT2D eigenvalue weighted by Gasteiger charge is 2.45. The fraction of sp³-hybridized carbons (Fsp3) is 0.619. The maximum atomic E-state index is 14.1. The van der Waals surface area contributed by atoms with Gasteiger partial charge in [-0.3, -0.25) is 9.89 Å². The van der Waals surface area contributed by atoms with Crippen molar-refractivity contribution in [2.24, 2.45) is 4.99 Å². The summed E-state index contributed by atoms with van der Waals surface area (Å²) in [6.45, 7) is 4.58. The quantitative estimate of drug-likeness (QED) is 0.283. The van der Waals surface area contributed by atoms with Crippen LogP contribution < -0.4 is 0 Å². The zero-order chi connectivity index (χ0) is 23.7. The Morgan fingerprint density at radius 3 is 2.78 bits per heavy atom. The van der Waals surface area contributed by atoms with Crippen molar-refractivity contribution in [3.63, 3.8) is 0 Å². The summed E-state index contributed by atoms with van der Waals surface area (Å²) in [6.07, 6.45) is 1.88. The van der Waals surface area contributed by atoms with Gasteiger partial charge in [0.25, 0.3) is 5.92 Å². The molecule has 0 spiro atoms. The summed E-state index contributed by atoms with van der Waals surface area (Å²) < 4.78 is 38.5. The van der Waals surface area contributed by atoms with E-state index in [-0.39, 0.29) is 26.3 Å². The van der Waals surface area contributed by atoms with E-state index in [0.717, 1.165) is 5.01 Å². The molecule has 0 amide bonds. The number of carbonyl (C=O) groups is 2. The van der Waals surface area contributed by atoms with Crippen LogP contribution in [-0.2, 0) is 19.1 Å². The van der Waals surface area contributed by atoms with Gasteiger partial charge in [0.05, 0.1) is 37.6 Å². The summed E-state index contributed by atoms with van der Waals surface area (Å²) in [5, 5.41) is 11.3. The molecule has 0 bridgehead atoms. The first kappa shape index (κ1) is 26.0. The van der Waals surface area contributed by atoms with Gasteiger partial charge in [-0.05, 0) is 25.8 Å². The molecule has 0 saturated carbocycles. The van der Waals surface area contributed by atoms with Crippen molar-refractivity contribution in [2.75, 3.05) is 39.5 Å². The Labute approximate surface area is 189 Å². The van der Waals surface area contributed by atoms with Crippen LogP contribution in [0.1, 0.15) is 38.6 Å². The molecule has 32 heavy (non-hydrogen) atoms. The lowest BCUT2D eigenvalue weighted by atomic mass is 10.1. The molecule has 0 radical (unpaired) electrons. The third-order valence-electron chi connectivity index (χ3n) is 4.88. The van der Waals surface area contributed by atoms with E-state index in [9.17, 15) is 18.4 Å². The summed E-state index contributed by atoms with van der Waals surface area (Å²) >= 11 is 1.43. The molecule has 11 heteroatoms. The Hall–Kier alpha value is -2.24. The Morgan fingerprint density at radius 1 is 1.41 bits per heavy atom. The zero-order valence-corrected chi connectivity index (χ0v) is 19.3. The molecule has 0 aromatic carbocycles. The largest absolute Gasteiger partial charge is 0.480 e. The molecule has 1 aliphatic heterocycles. The number of ether oxygens (including phenoxy) is 2. The number of hydrogen-bond donors (Lipinski definition) is 1. The van der Waals surface area contributed by atoms with Crippen molar-refractivity contribution in [3.05, 3.63) is 27.7 Å². The van der Waals surface area contributed by atoms with Crippen molar-refractivity contribution < 1.29 is 33.0 Å². The Balaban J connectivity index is 2.19. The minimum Gasteiger partial charge on any atom is -0.480 e. The van der Waals surface area contributed by atoms with E-state index in [1.165, 1.54) is 16.2 Å². The van der Waals surface area contributed by atoms with Gasteiger partial charge in [-0.1, -0.05) is 6.92 Å². The molecule has 1 saturated heterocycles. The lowest BCUT2D eigenvalue weighted by Gasteiger charge is -2.24. The van der Waals surface area contributed by atoms with Crippen LogP contribution in [0.5, 0.6) is 0 Å². The second-order valence-corrected chi connectivity index (χ2v) is 8.56. The maximum absolute atomic E-state index is 14.1. The monoisotopic (exact) mass is 473 g/mol. The zero-order valence-electron chi connectivity index (χ0n) is 18.5. The smallest absolute Gasteiger partial charge is 0.335 e. The van der Waals surface area contributed by atoms with Crippen LogP contribution in [-0.4, -0.2) is 84.1 Å². The summed E-state index contributed by atoms with van der Waals surface area (Å²) in [5.41, 5.74) is 1.55. The molecular formula is C21H29F2N3O5S. The van der Waals surface area contributed by atoms with Gasteiger partial charge in [0.15, 0.2) is 0 Å². The predicted octanol–water partition coefficient (Wildman–Crippen LogP) is 3.03. The number of hydrogen-bond acceptors (Lipinski definition) is 8. The van der Waals surface area contributed by atoms with Gasteiger partial charge in [-0.2, -0.15) is 0 Å². The van der Waals surface area contributed by atoms with E-state index < -0.39 is 43.5 Å². The molecule has 178 valence electrons. The summed E-state index contributed by atoms with van der Waals surface area (Å²) in [4.78, 5) is 33.5. The fourth-order valence-electron chi connectivity index (χ4n) is 3.32. The van der Waals surface area contributed by atoms with Crippen molar-refractivity contribution in [3.8, 4) is 0 Å². The van der Waals surface area contributed by atoms with Crippen LogP contribution >= 0.6 is 11.3 Å². The average Bonchev–Trinajstić information content (AvgIpc) is 3.34. The number of aromatic nitrogens is 1.